The van der Waals surface area contributed by atoms with Gasteiger partial charge in [-0.2, -0.15) is 4.68 Å². The number of carbonyl (C=O) groups excluding carboxylic acids is 1. The first-order valence-corrected chi connectivity index (χ1v) is 5.90. The molecule has 7 heteroatoms. The molecule has 0 bridgehead atoms. The van der Waals surface area contributed by atoms with Crippen LogP contribution in [0.2, 0.25) is 0 Å². The van der Waals surface area contributed by atoms with Crippen LogP contribution in [0.15, 0.2) is 36.5 Å². The van der Waals surface area contributed by atoms with Crippen molar-refractivity contribution in [2.24, 2.45) is 0 Å². The number of ether oxygens (including phenoxy) is 1. The van der Waals surface area contributed by atoms with E-state index in [2.05, 4.69) is 5.10 Å². The van der Waals surface area contributed by atoms with Gasteiger partial charge in [0.05, 0.1) is 24.5 Å². The van der Waals surface area contributed by atoms with Gasteiger partial charge in [0.2, 0.25) is 0 Å². The Morgan fingerprint density at radius 2 is 2.00 bits per heavy atom. The number of nitrogens with zero attached hydrogens (tertiary/aromatic N) is 3. The van der Waals surface area contributed by atoms with Crippen molar-refractivity contribution < 1.29 is 14.5 Å². The van der Waals surface area contributed by atoms with Gasteiger partial charge >= 0.3 is 5.82 Å². The molecule has 2 aromatic rings. The number of Topliss-reactive ketones (excluding diaryl/α,β-unsaturated/α-hetero) is 1. The molecule has 1 atom stereocenters. The van der Waals surface area contributed by atoms with Crippen molar-refractivity contribution >= 4 is 11.6 Å². The highest BCUT2D eigenvalue weighted by Gasteiger charge is 2.22. The molecule has 2 rings (SSSR count). The number of benzene rings is 1. The maximum Gasteiger partial charge on any atom is 0.389 e. The average molecular weight is 275 g/mol. The van der Waals surface area contributed by atoms with Gasteiger partial charge in [-0.25, -0.2) is 0 Å². The molecule has 1 heterocycles. The number of rotatable bonds is 5. The predicted molar refractivity (Wildman–Crippen MR) is 70.9 cm³/mol. The highest BCUT2D eigenvalue weighted by Crippen LogP contribution is 2.18. The fourth-order valence-electron chi connectivity index (χ4n) is 1.76. The molecule has 0 N–H and O–H groups in total. The zero-order chi connectivity index (χ0) is 14.7. The first-order valence-electron chi connectivity index (χ1n) is 5.90. The van der Waals surface area contributed by atoms with E-state index in [1.165, 1.54) is 16.9 Å². The summed E-state index contributed by atoms with van der Waals surface area (Å²) < 4.78 is 6.30. The van der Waals surface area contributed by atoms with E-state index in [-0.39, 0.29) is 11.6 Å². The van der Waals surface area contributed by atoms with Crippen LogP contribution in [0, 0.1) is 10.1 Å². The summed E-state index contributed by atoms with van der Waals surface area (Å²) in [6, 6.07) is 7.32. The molecule has 0 aliphatic rings. The predicted octanol–water partition coefficient (Wildman–Crippen LogP) is 2.24. The van der Waals surface area contributed by atoms with Crippen LogP contribution in [0.25, 0.3) is 0 Å². The number of ketones is 1. The van der Waals surface area contributed by atoms with E-state index in [1.54, 1.807) is 38.3 Å². The zero-order valence-corrected chi connectivity index (χ0v) is 11.0. The number of aromatic nitrogens is 2. The van der Waals surface area contributed by atoms with Crippen LogP contribution < -0.4 is 4.74 Å². The number of carbonyl (C=O) groups is 1. The Kier molecular flexibility index (Phi) is 3.79. The standard InChI is InChI=1S/C13H13N3O4/c1-9(15-8-7-12(14-15)16(18)19)13(17)10-3-5-11(20-2)6-4-10/h3-9H,1-2H3. The molecule has 0 fully saturated rings. The summed E-state index contributed by atoms with van der Waals surface area (Å²) in [5, 5.41) is 14.3. The topological polar surface area (TPSA) is 87.3 Å². The van der Waals surface area contributed by atoms with Crippen LogP contribution in [0.1, 0.15) is 23.3 Å². The summed E-state index contributed by atoms with van der Waals surface area (Å²) in [4.78, 5) is 22.2. The molecule has 104 valence electrons. The molecule has 0 spiro atoms. The molecular formula is C13H13N3O4. The summed E-state index contributed by atoms with van der Waals surface area (Å²) in [5.41, 5.74) is 0.497. The quantitative estimate of drug-likeness (QED) is 0.474. The highest BCUT2D eigenvalue weighted by molar-refractivity contribution is 5.98. The van der Waals surface area contributed by atoms with E-state index in [0.717, 1.165) is 0 Å². The van der Waals surface area contributed by atoms with Crippen LogP contribution in [0.3, 0.4) is 0 Å². The molecule has 1 unspecified atom stereocenters. The van der Waals surface area contributed by atoms with Gasteiger partial charge in [0.15, 0.2) is 5.78 Å². The third-order valence-corrected chi connectivity index (χ3v) is 2.93. The second kappa shape index (κ2) is 5.52. The van der Waals surface area contributed by atoms with Crippen molar-refractivity contribution in [1.29, 1.82) is 0 Å². The van der Waals surface area contributed by atoms with Gasteiger partial charge in [-0.15, -0.1) is 0 Å². The first kappa shape index (κ1) is 13.7. The Morgan fingerprint density at radius 3 is 2.50 bits per heavy atom. The Labute approximate surface area is 114 Å². The van der Waals surface area contributed by atoms with E-state index in [9.17, 15) is 14.9 Å². The van der Waals surface area contributed by atoms with Crippen molar-refractivity contribution in [3.63, 3.8) is 0 Å². The second-order valence-electron chi connectivity index (χ2n) is 4.18. The van der Waals surface area contributed by atoms with Crippen molar-refractivity contribution in [2.45, 2.75) is 13.0 Å². The van der Waals surface area contributed by atoms with Gasteiger partial charge in [-0.3, -0.25) is 4.79 Å². The molecule has 1 aromatic carbocycles. The van der Waals surface area contributed by atoms with Crippen molar-refractivity contribution in [1.82, 2.24) is 9.78 Å². The third-order valence-electron chi connectivity index (χ3n) is 2.93. The number of nitro groups is 1. The Balaban J connectivity index is 2.20. The summed E-state index contributed by atoms with van der Waals surface area (Å²) >= 11 is 0. The molecule has 1 aromatic heterocycles. The largest absolute Gasteiger partial charge is 0.497 e. The SMILES string of the molecule is COc1ccc(C(=O)C(C)n2ccc([N+](=O)[O-])n2)cc1. The van der Waals surface area contributed by atoms with Crippen LogP contribution in [-0.4, -0.2) is 27.6 Å². The second-order valence-corrected chi connectivity index (χ2v) is 4.18. The maximum atomic E-state index is 12.3. The van der Waals surface area contributed by atoms with Gasteiger partial charge in [0.25, 0.3) is 0 Å². The zero-order valence-electron chi connectivity index (χ0n) is 11.0. The maximum absolute atomic E-state index is 12.3. The number of hydrogen-bond donors (Lipinski definition) is 0. The number of methoxy groups -OCH3 is 1. The third kappa shape index (κ3) is 2.66. The molecule has 0 saturated carbocycles. The van der Waals surface area contributed by atoms with E-state index in [1.807, 2.05) is 0 Å². The summed E-state index contributed by atoms with van der Waals surface area (Å²) in [6.07, 6.45) is 1.42. The van der Waals surface area contributed by atoms with Crippen LogP contribution in [-0.2, 0) is 0 Å². The molecular weight excluding hydrogens is 262 g/mol. The van der Waals surface area contributed by atoms with Crippen LogP contribution >= 0.6 is 0 Å². The van der Waals surface area contributed by atoms with Crippen LogP contribution in [0.4, 0.5) is 5.82 Å². The molecule has 0 radical (unpaired) electrons. The lowest BCUT2D eigenvalue weighted by Crippen LogP contribution is -2.17. The molecule has 0 saturated heterocycles. The fourth-order valence-corrected chi connectivity index (χ4v) is 1.76. The normalized spacial score (nSPS) is 11.9. The van der Waals surface area contributed by atoms with Crippen molar-refractivity contribution in [3.05, 3.63) is 52.2 Å². The average Bonchev–Trinajstić information content (AvgIpc) is 2.96. The van der Waals surface area contributed by atoms with E-state index in [0.29, 0.717) is 11.3 Å². The Hall–Kier alpha value is -2.70. The molecule has 20 heavy (non-hydrogen) atoms. The fraction of sp³-hybridized carbons (Fsp3) is 0.231. The lowest BCUT2D eigenvalue weighted by atomic mass is 10.1. The molecule has 0 aliphatic carbocycles. The number of hydrogen-bond acceptors (Lipinski definition) is 5. The van der Waals surface area contributed by atoms with Gasteiger partial charge in [-0.05, 0) is 36.1 Å². The Morgan fingerprint density at radius 1 is 1.35 bits per heavy atom. The lowest BCUT2D eigenvalue weighted by molar-refractivity contribution is -0.389. The molecule has 7 nitrogen and oxygen atoms in total. The minimum Gasteiger partial charge on any atom is -0.497 e. The molecule has 0 amide bonds. The van der Waals surface area contributed by atoms with Gasteiger partial charge in [0.1, 0.15) is 11.8 Å². The summed E-state index contributed by atoms with van der Waals surface area (Å²) in [6.45, 7) is 1.64. The first-order chi connectivity index (χ1) is 9.52. The minimum atomic E-state index is -0.614. The Bertz CT molecular complexity index is 633. The van der Waals surface area contributed by atoms with Crippen molar-refractivity contribution in [3.8, 4) is 5.75 Å². The smallest absolute Gasteiger partial charge is 0.389 e. The molecule has 0 aliphatic heterocycles. The van der Waals surface area contributed by atoms with E-state index in [4.69, 9.17) is 4.74 Å². The van der Waals surface area contributed by atoms with E-state index < -0.39 is 11.0 Å². The summed E-state index contributed by atoms with van der Waals surface area (Å²) in [5.74, 6) is 0.203. The lowest BCUT2D eigenvalue weighted by Gasteiger charge is -2.08. The van der Waals surface area contributed by atoms with Crippen LogP contribution in [0.5, 0.6) is 5.75 Å². The monoisotopic (exact) mass is 275 g/mol. The van der Waals surface area contributed by atoms with Crippen molar-refractivity contribution in [2.75, 3.05) is 7.11 Å². The van der Waals surface area contributed by atoms with Gasteiger partial charge in [-0.1, -0.05) is 0 Å². The van der Waals surface area contributed by atoms with E-state index >= 15 is 0 Å². The minimum absolute atomic E-state index is 0.175. The summed E-state index contributed by atoms with van der Waals surface area (Å²) in [7, 11) is 1.54. The van der Waals surface area contributed by atoms with Gasteiger partial charge < -0.3 is 14.9 Å². The van der Waals surface area contributed by atoms with Gasteiger partial charge in [0, 0.05) is 5.56 Å². The highest BCUT2D eigenvalue weighted by atomic mass is 16.6.